The van der Waals surface area contributed by atoms with E-state index >= 15 is 0 Å². The Bertz CT molecular complexity index is 1380. The van der Waals surface area contributed by atoms with Crippen molar-refractivity contribution in [1.29, 1.82) is 0 Å². The summed E-state index contributed by atoms with van der Waals surface area (Å²) in [6, 6.07) is 11.9. The minimum absolute atomic E-state index is 0.159. The number of hydrogen-bond donors (Lipinski definition) is 1. The summed E-state index contributed by atoms with van der Waals surface area (Å²) in [4.78, 5) is 22.2. The number of anilines is 1. The second-order valence-corrected chi connectivity index (χ2v) is 13.2. The standard InChI is InChI=1S/C26H32ClN5O4S2/c1-18-16-32(17-19(2)36-18)38(34,35)22-6-3-20(4-7-22)25(33)28-9-10-30-11-13-31(14-12-30)26-29-23-8-5-21(27)15-24(23)37-26/h3-8,15,18-19H,9-14,16-17H2,1-2H3,(H,28,33). The van der Waals surface area contributed by atoms with E-state index in [2.05, 4.69) is 15.1 Å². The predicted octanol–water partition coefficient (Wildman–Crippen LogP) is 3.30. The number of carbonyl (C=O) groups excluding carboxylic acids is 1. The van der Waals surface area contributed by atoms with Crippen molar-refractivity contribution in [3.05, 3.63) is 53.1 Å². The number of carbonyl (C=O) groups is 1. The number of nitrogens with zero attached hydrogens (tertiary/aromatic N) is 4. The van der Waals surface area contributed by atoms with E-state index < -0.39 is 10.0 Å². The number of morpholine rings is 1. The number of halogens is 1. The summed E-state index contributed by atoms with van der Waals surface area (Å²) in [6.45, 7) is 9.15. The summed E-state index contributed by atoms with van der Waals surface area (Å²) in [6.07, 6.45) is -0.317. The normalized spacial score (nSPS) is 21.6. The summed E-state index contributed by atoms with van der Waals surface area (Å²) >= 11 is 7.76. The lowest BCUT2D eigenvalue weighted by molar-refractivity contribution is -0.0440. The highest BCUT2D eigenvalue weighted by Crippen LogP contribution is 2.31. The molecule has 12 heteroatoms. The van der Waals surface area contributed by atoms with Crippen LogP contribution in [0.4, 0.5) is 5.13 Å². The number of ether oxygens (including phenoxy) is 1. The van der Waals surface area contributed by atoms with Crippen molar-refractivity contribution in [3.63, 3.8) is 0 Å². The molecule has 204 valence electrons. The number of thiazole rings is 1. The Morgan fingerprint density at radius 2 is 1.76 bits per heavy atom. The number of benzene rings is 2. The molecule has 2 unspecified atom stereocenters. The third-order valence-electron chi connectivity index (χ3n) is 6.84. The van der Waals surface area contributed by atoms with Crippen molar-refractivity contribution in [3.8, 4) is 0 Å². The maximum absolute atomic E-state index is 13.0. The van der Waals surface area contributed by atoms with Gasteiger partial charge in [0.1, 0.15) is 0 Å². The fraction of sp³-hybridized carbons (Fsp3) is 0.462. The zero-order valence-electron chi connectivity index (χ0n) is 21.5. The first-order chi connectivity index (χ1) is 18.2. The molecule has 2 atom stereocenters. The summed E-state index contributed by atoms with van der Waals surface area (Å²) in [7, 11) is -3.63. The number of rotatable bonds is 7. The van der Waals surface area contributed by atoms with Gasteiger partial charge in [-0.15, -0.1) is 0 Å². The molecule has 3 aromatic rings. The molecule has 38 heavy (non-hydrogen) atoms. The summed E-state index contributed by atoms with van der Waals surface area (Å²) in [5.74, 6) is -0.214. The lowest BCUT2D eigenvalue weighted by Gasteiger charge is -2.34. The number of piperazine rings is 1. The Labute approximate surface area is 232 Å². The lowest BCUT2D eigenvalue weighted by atomic mass is 10.2. The molecule has 5 rings (SSSR count). The molecule has 1 aromatic heterocycles. The highest BCUT2D eigenvalue weighted by Gasteiger charge is 2.32. The number of aromatic nitrogens is 1. The molecule has 0 aliphatic carbocycles. The van der Waals surface area contributed by atoms with E-state index in [9.17, 15) is 13.2 Å². The predicted molar refractivity (Wildman–Crippen MR) is 151 cm³/mol. The molecule has 2 aromatic carbocycles. The fourth-order valence-electron chi connectivity index (χ4n) is 4.87. The topological polar surface area (TPSA) is 95.1 Å². The van der Waals surface area contributed by atoms with Crippen LogP contribution < -0.4 is 10.2 Å². The van der Waals surface area contributed by atoms with Crippen LogP contribution in [-0.2, 0) is 14.8 Å². The first kappa shape index (κ1) is 27.3. The van der Waals surface area contributed by atoms with Crippen LogP contribution in [-0.4, -0.2) is 93.1 Å². The van der Waals surface area contributed by atoms with Gasteiger partial charge >= 0.3 is 0 Å². The van der Waals surface area contributed by atoms with Crippen LogP contribution in [0.25, 0.3) is 10.2 Å². The molecule has 0 radical (unpaired) electrons. The van der Waals surface area contributed by atoms with Gasteiger partial charge in [-0.05, 0) is 56.3 Å². The summed E-state index contributed by atoms with van der Waals surface area (Å²) in [5, 5.41) is 4.68. The van der Waals surface area contributed by atoms with E-state index in [1.807, 2.05) is 32.0 Å². The Morgan fingerprint density at radius 3 is 2.45 bits per heavy atom. The first-order valence-electron chi connectivity index (χ1n) is 12.8. The second kappa shape index (κ2) is 11.4. The maximum Gasteiger partial charge on any atom is 0.251 e. The van der Waals surface area contributed by atoms with Crippen LogP contribution in [0, 0.1) is 0 Å². The van der Waals surface area contributed by atoms with Crippen molar-refractivity contribution < 1.29 is 17.9 Å². The van der Waals surface area contributed by atoms with E-state index in [-0.39, 0.29) is 23.0 Å². The molecular formula is C26H32ClN5O4S2. The third-order valence-corrected chi connectivity index (χ3v) is 10.00. The molecule has 0 spiro atoms. The van der Waals surface area contributed by atoms with Gasteiger partial charge in [0.2, 0.25) is 10.0 Å². The Balaban J connectivity index is 1.09. The summed E-state index contributed by atoms with van der Waals surface area (Å²) < 4.78 is 34.3. The number of sulfonamides is 1. The number of nitrogens with one attached hydrogen (secondary N) is 1. The van der Waals surface area contributed by atoms with Crippen LogP contribution in [0.15, 0.2) is 47.4 Å². The molecular weight excluding hydrogens is 546 g/mol. The van der Waals surface area contributed by atoms with Gasteiger partial charge in [-0.1, -0.05) is 22.9 Å². The van der Waals surface area contributed by atoms with Crippen molar-refractivity contribution >= 4 is 54.2 Å². The van der Waals surface area contributed by atoms with Crippen LogP contribution in [0.1, 0.15) is 24.2 Å². The average Bonchev–Trinajstić information content (AvgIpc) is 3.32. The van der Waals surface area contributed by atoms with E-state index in [1.165, 1.54) is 16.4 Å². The molecule has 1 N–H and O–H groups in total. The lowest BCUT2D eigenvalue weighted by Crippen LogP contribution is -2.48. The Kier molecular flexibility index (Phi) is 8.22. The van der Waals surface area contributed by atoms with E-state index in [1.54, 1.807) is 23.5 Å². The second-order valence-electron chi connectivity index (χ2n) is 9.80. The molecule has 0 saturated carbocycles. The maximum atomic E-state index is 13.0. The first-order valence-corrected chi connectivity index (χ1v) is 15.4. The quantitative estimate of drug-likeness (QED) is 0.460. The molecule has 1 amide bonds. The van der Waals surface area contributed by atoms with Crippen LogP contribution >= 0.6 is 22.9 Å². The van der Waals surface area contributed by atoms with E-state index in [0.717, 1.165) is 53.1 Å². The molecule has 2 saturated heterocycles. The van der Waals surface area contributed by atoms with E-state index in [4.69, 9.17) is 21.3 Å². The molecule has 9 nitrogen and oxygen atoms in total. The van der Waals surface area contributed by atoms with Crippen molar-refractivity contribution in [2.75, 3.05) is 57.3 Å². The average molecular weight is 578 g/mol. The van der Waals surface area contributed by atoms with Gasteiger partial charge in [0.05, 0.1) is 27.3 Å². The largest absolute Gasteiger partial charge is 0.373 e. The monoisotopic (exact) mass is 577 g/mol. The fourth-order valence-corrected chi connectivity index (χ4v) is 7.75. The SMILES string of the molecule is CC1CN(S(=O)(=O)c2ccc(C(=O)NCCN3CCN(c4nc5ccc(Cl)cc5s4)CC3)cc2)CC(C)O1. The number of fused-ring (bicyclic) bond motifs is 1. The Hall–Kier alpha value is -2.28. The zero-order valence-corrected chi connectivity index (χ0v) is 23.9. The molecule has 2 fully saturated rings. The van der Waals surface area contributed by atoms with Gasteiger partial charge in [0, 0.05) is 62.9 Å². The number of hydrogen-bond acceptors (Lipinski definition) is 8. The van der Waals surface area contributed by atoms with Gasteiger partial charge in [0.15, 0.2) is 5.13 Å². The third kappa shape index (κ3) is 6.13. The molecule has 3 heterocycles. The minimum Gasteiger partial charge on any atom is -0.373 e. The van der Waals surface area contributed by atoms with Crippen LogP contribution in [0.2, 0.25) is 5.02 Å². The minimum atomic E-state index is -3.63. The molecule has 0 bridgehead atoms. The van der Waals surface area contributed by atoms with Gasteiger partial charge in [-0.2, -0.15) is 4.31 Å². The smallest absolute Gasteiger partial charge is 0.251 e. The Morgan fingerprint density at radius 1 is 1.08 bits per heavy atom. The zero-order chi connectivity index (χ0) is 26.9. The van der Waals surface area contributed by atoms with Crippen LogP contribution in [0.3, 0.4) is 0 Å². The van der Waals surface area contributed by atoms with Crippen LogP contribution in [0.5, 0.6) is 0 Å². The van der Waals surface area contributed by atoms with Crippen molar-refractivity contribution in [1.82, 2.24) is 19.5 Å². The molecule has 2 aliphatic heterocycles. The van der Waals surface area contributed by atoms with Crippen molar-refractivity contribution in [2.45, 2.75) is 31.0 Å². The van der Waals surface area contributed by atoms with Crippen molar-refractivity contribution in [2.24, 2.45) is 0 Å². The van der Waals surface area contributed by atoms with Gasteiger partial charge in [-0.3, -0.25) is 9.69 Å². The van der Waals surface area contributed by atoms with Gasteiger partial charge in [0.25, 0.3) is 5.91 Å². The van der Waals surface area contributed by atoms with Gasteiger partial charge in [-0.25, -0.2) is 13.4 Å². The van der Waals surface area contributed by atoms with Gasteiger partial charge < -0.3 is 15.0 Å². The highest BCUT2D eigenvalue weighted by molar-refractivity contribution is 7.89. The highest BCUT2D eigenvalue weighted by atomic mass is 35.5. The summed E-state index contributed by atoms with van der Waals surface area (Å²) in [5.41, 5.74) is 1.41. The number of amides is 1. The molecule has 2 aliphatic rings. The van der Waals surface area contributed by atoms with E-state index in [0.29, 0.717) is 25.2 Å².